The molecule has 22 heavy (non-hydrogen) atoms. The Morgan fingerprint density at radius 3 is 2.27 bits per heavy atom. The van der Waals surface area contributed by atoms with E-state index in [9.17, 15) is 14.7 Å². The fourth-order valence-electron chi connectivity index (χ4n) is 2.20. The summed E-state index contributed by atoms with van der Waals surface area (Å²) >= 11 is 4.73. The van der Waals surface area contributed by atoms with Crippen LogP contribution >= 0.6 is 12.2 Å². The second kappa shape index (κ2) is 6.57. The van der Waals surface area contributed by atoms with Crippen molar-refractivity contribution in [2.24, 2.45) is 0 Å². The van der Waals surface area contributed by atoms with Crippen molar-refractivity contribution >= 4 is 40.9 Å². The maximum Gasteiger partial charge on any atom is 0.263 e. The molecule has 2 amide bonds. The SMILES string of the molecule is CCN(CC)c1ccc(C=C2C(=O)NC(=S)NC2=O)c(O)c1. The van der Waals surface area contributed by atoms with Crippen LogP contribution in [0.3, 0.4) is 0 Å². The molecule has 1 aliphatic heterocycles. The zero-order chi connectivity index (χ0) is 16.3. The van der Waals surface area contributed by atoms with Crippen LogP contribution in [0.1, 0.15) is 19.4 Å². The summed E-state index contributed by atoms with van der Waals surface area (Å²) in [7, 11) is 0. The Labute approximate surface area is 133 Å². The first-order valence-electron chi connectivity index (χ1n) is 6.92. The van der Waals surface area contributed by atoms with Crippen LogP contribution in [-0.4, -0.2) is 35.1 Å². The maximum absolute atomic E-state index is 11.8. The van der Waals surface area contributed by atoms with Gasteiger partial charge in [-0.1, -0.05) is 0 Å². The van der Waals surface area contributed by atoms with Crippen molar-refractivity contribution in [3.8, 4) is 5.75 Å². The largest absolute Gasteiger partial charge is 0.507 e. The molecule has 1 aromatic carbocycles. The van der Waals surface area contributed by atoms with Crippen LogP contribution in [0.5, 0.6) is 5.75 Å². The molecule has 0 atom stereocenters. The lowest BCUT2D eigenvalue weighted by atomic mass is 10.1. The van der Waals surface area contributed by atoms with Crippen LogP contribution in [0, 0.1) is 0 Å². The first-order chi connectivity index (χ1) is 10.5. The lowest BCUT2D eigenvalue weighted by Gasteiger charge is -2.21. The Hall–Kier alpha value is -2.41. The molecule has 2 rings (SSSR count). The monoisotopic (exact) mass is 319 g/mol. The first-order valence-corrected chi connectivity index (χ1v) is 7.33. The van der Waals surface area contributed by atoms with Crippen molar-refractivity contribution in [1.82, 2.24) is 10.6 Å². The third-order valence-corrected chi connectivity index (χ3v) is 3.59. The number of amides is 2. The minimum Gasteiger partial charge on any atom is -0.507 e. The Kier molecular flexibility index (Phi) is 4.77. The van der Waals surface area contributed by atoms with E-state index in [4.69, 9.17) is 12.2 Å². The van der Waals surface area contributed by atoms with Crippen LogP contribution in [0.15, 0.2) is 23.8 Å². The molecule has 0 aromatic heterocycles. The minimum absolute atomic E-state index is 0.00523. The maximum atomic E-state index is 11.8. The van der Waals surface area contributed by atoms with Crippen LogP contribution < -0.4 is 15.5 Å². The second-order valence-electron chi connectivity index (χ2n) is 4.71. The summed E-state index contributed by atoms with van der Waals surface area (Å²) in [5.74, 6) is -1.16. The number of anilines is 1. The number of aromatic hydroxyl groups is 1. The average Bonchev–Trinajstić information content (AvgIpc) is 2.46. The first kappa shape index (κ1) is 16.0. The summed E-state index contributed by atoms with van der Waals surface area (Å²) in [4.78, 5) is 25.6. The van der Waals surface area contributed by atoms with Crippen LogP contribution in [0.25, 0.3) is 6.08 Å². The molecule has 116 valence electrons. The van der Waals surface area contributed by atoms with E-state index in [2.05, 4.69) is 15.5 Å². The Morgan fingerprint density at radius 1 is 1.18 bits per heavy atom. The molecule has 0 aliphatic carbocycles. The van der Waals surface area contributed by atoms with Crippen molar-refractivity contribution in [3.05, 3.63) is 29.3 Å². The molecule has 7 heteroatoms. The number of phenols is 1. The molecule has 0 saturated carbocycles. The fraction of sp³-hybridized carbons (Fsp3) is 0.267. The van der Waals surface area contributed by atoms with E-state index in [1.807, 2.05) is 19.9 Å². The van der Waals surface area contributed by atoms with Gasteiger partial charge in [0.2, 0.25) is 0 Å². The number of hydrogen-bond donors (Lipinski definition) is 3. The minimum atomic E-state index is -0.582. The van der Waals surface area contributed by atoms with Gasteiger partial charge in [0, 0.05) is 30.4 Å². The zero-order valence-corrected chi connectivity index (χ0v) is 13.2. The van der Waals surface area contributed by atoms with Gasteiger partial charge >= 0.3 is 0 Å². The van der Waals surface area contributed by atoms with E-state index in [0.29, 0.717) is 5.56 Å². The van der Waals surface area contributed by atoms with E-state index < -0.39 is 11.8 Å². The predicted molar refractivity (Wildman–Crippen MR) is 88.5 cm³/mol. The van der Waals surface area contributed by atoms with Crippen molar-refractivity contribution in [2.75, 3.05) is 18.0 Å². The van der Waals surface area contributed by atoms with Crippen molar-refractivity contribution in [2.45, 2.75) is 13.8 Å². The van der Waals surface area contributed by atoms with Gasteiger partial charge in [-0.25, -0.2) is 0 Å². The number of phenolic OH excluding ortho intramolecular Hbond substituents is 1. The fourth-order valence-corrected chi connectivity index (χ4v) is 2.39. The normalized spacial score (nSPS) is 14.5. The Balaban J connectivity index is 2.34. The molecule has 0 unspecified atom stereocenters. The van der Waals surface area contributed by atoms with Crippen LogP contribution in [0.2, 0.25) is 0 Å². The second-order valence-corrected chi connectivity index (χ2v) is 5.12. The van der Waals surface area contributed by atoms with E-state index >= 15 is 0 Å². The highest BCUT2D eigenvalue weighted by molar-refractivity contribution is 7.80. The molecule has 1 heterocycles. The lowest BCUT2D eigenvalue weighted by molar-refractivity contribution is -0.123. The van der Waals surface area contributed by atoms with Crippen LogP contribution in [0.4, 0.5) is 5.69 Å². The smallest absolute Gasteiger partial charge is 0.263 e. The zero-order valence-electron chi connectivity index (χ0n) is 12.3. The van der Waals surface area contributed by atoms with Gasteiger partial charge in [0.15, 0.2) is 5.11 Å². The predicted octanol–water partition coefficient (Wildman–Crippen LogP) is 1.15. The van der Waals surface area contributed by atoms with E-state index in [1.54, 1.807) is 12.1 Å². The van der Waals surface area contributed by atoms with Gasteiger partial charge in [-0.15, -0.1) is 0 Å². The van der Waals surface area contributed by atoms with Gasteiger partial charge in [0.05, 0.1) is 0 Å². The summed E-state index contributed by atoms with van der Waals surface area (Å²) in [5.41, 5.74) is 1.17. The number of carbonyl (C=O) groups excluding carboxylic acids is 2. The van der Waals surface area contributed by atoms with Gasteiger partial charge in [0.25, 0.3) is 11.8 Å². The van der Waals surface area contributed by atoms with Crippen molar-refractivity contribution < 1.29 is 14.7 Å². The Bertz CT molecular complexity index is 644. The summed E-state index contributed by atoms with van der Waals surface area (Å²) in [6.45, 7) is 5.68. The number of nitrogens with one attached hydrogen (secondary N) is 2. The van der Waals surface area contributed by atoms with Crippen molar-refractivity contribution in [3.63, 3.8) is 0 Å². The number of carbonyl (C=O) groups is 2. The van der Waals surface area contributed by atoms with E-state index in [-0.39, 0.29) is 16.4 Å². The molecule has 3 N–H and O–H groups in total. The highest BCUT2D eigenvalue weighted by Gasteiger charge is 2.26. The molecule has 6 nitrogen and oxygen atoms in total. The molecule has 1 aromatic rings. The van der Waals surface area contributed by atoms with Gasteiger partial charge in [0.1, 0.15) is 11.3 Å². The number of hydrogen-bond acceptors (Lipinski definition) is 5. The van der Waals surface area contributed by atoms with Gasteiger partial charge in [-0.3, -0.25) is 20.2 Å². The number of thiocarbonyl (C=S) groups is 1. The number of rotatable bonds is 4. The molecule has 1 saturated heterocycles. The molecular formula is C15H17N3O3S. The molecular weight excluding hydrogens is 302 g/mol. The van der Waals surface area contributed by atoms with Crippen LogP contribution in [-0.2, 0) is 9.59 Å². The van der Waals surface area contributed by atoms with E-state index in [1.165, 1.54) is 6.08 Å². The molecule has 1 aliphatic rings. The third kappa shape index (κ3) is 3.25. The highest BCUT2D eigenvalue weighted by atomic mass is 32.1. The summed E-state index contributed by atoms with van der Waals surface area (Å²) in [6.07, 6.45) is 1.34. The average molecular weight is 319 g/mol. The summed E-state index contributed by atoms with van der Waals surface area (Å²) in [5, 5.41) is 14.8. The van der Waals surface area contributed by atoms with Gasteiger partial charge in [-0.05, 0) is 44.3 Å². The number of nitrogens with zero attached hydrogens (tertiary/aromatic N) is 1. The molecule has 1 fully saturated rings. The van der Waals surface area contributed by atoms with Gasteiger partial charge in [-0.2, -0.15) is 0 Å². The van der Waals surface area contributed by atoms with Crippen molar-refractivity contribution in [1.29, 1.82) is 0 Å². The molecule has 0 spiro atoms. The highest BCUT2D eigenvalue weighted by Crippen LogP contribution is 2.26. The summed E-state index contributed by atoms with van der Waals surface area (Å²) in [6, 6.07) is 5.12. The third-order valence-electron chi connectivity index (χ3n) is 3.39. The molecule has 0 radical (unpaired) electrons. The molecule has 0 bridgehead atoms. The Morgan fingerprint density at radius 2 is 1.77 bits per heavy atom. The standard InChI is InChI=1S/C15H17N3O3S/c1-3-18(4-2)10-6-5-9(12(19)8-10)7-11-13(20)16-15(22)17-14(11)21/h5-8,19H,3-4H2,1-2H3,(H2,16,17,20,21,22). The number of benzene rings is 1. The lowest BCUT2D eigenvalue weighted by Crippen LogP contribution is -2.51. The summed E-state index contributed by atoms with van der Waals surface area (Å²) < 4.78 is 0. The quantitative estimate of drug-likeness (QED) is 0.441. The van der Waals surface area contributed by atoms with E-state index in [0.717, 1.165) is 18.8 Å². The topological polar surface area (TPSA) is 81.7 Å². The van der Waals surface area contributed by atoms with Gasteiger partial charge < -0.3 is 10.0 Å².